The molecule has 50 heavy (non-hydrogen) atoms. The number of halogens is 3. The van der Waals surface area contributed by atoms with Crippen LogP contribution in [0.1, 0.15) is 56.2 Å². The molecule has 0 aliphatic carbocycles. The Morgan fingerprint density at radius 1 is 1.06 bits per heavy atom. The summed E-state index contributed by atoms with van der Waals surface area (Å²) in [6.07, 6.45) is 11.6. The molecule has 9 rings (SSSR count). The van der Waals surface area contributed by atoms with E-state index in [4.69, 9.17) is 35.6 Å². The van der Waals surface area contributed by atoms with Crippen LogP contribution < -0.4 is 19.7 Å². The molecule has 12 heteroatoms. The van der Waals surface area contributed by atoms with E-state index in [1.165, 1.54) is 13.2 Å². The summed E-state index contributed by atoms with van der Waals surface area (Å²) in [5.41, 5.74) is 0.613. The van der Waals surface area contributed by atoms with Crippen molar-refractivity contribution in [1.82, 2.24) is 25.2 Å². The lowest BCUT2D eigenvalue weighted by Gasteiger charge is -2.43. The quantitative estimate of drug-likeness (QED) is 0.195. The Bertz CT molecular complexity index is 2060. The van der Waals surface area contributed by atoms with Gasteiger partial charge in [-0.1, -0.05) is 12.0 Å². The first kappa shape index (κ1) is 31.8. The molecule has 0 spiro atoms. The standard InChI is InChI=1S/C38H39F3N6O3/c1-3-25-27(40)10-8-21-14-24(50-20-48-2)15-26(31(21)25)34-33(41)35-32-29(43-34)6-4-7-30-28-11-9-23(42-28)18-47(30)36(32)45-37(44-35)49-19-38-12-5-13-46(38)17-22(39)16-38/h1,8,10,14-15,22-23,28,30,42H,4-7,9,11-13,16-20H2,2H3/t22-,23-,28+,30-,38+/m1/s1. The van der Waals surface area contributed by atoms with Crippen molar-refractivity contribution in [2.24, 2.45) is 0 Å². The Labute approximate surface area is 288 Å². The van der Waals surface area contributed by atoms with E-state index in [9.17, 15) is 4.39 Å². The number of hydrogen-bond acceptors (Lipinski definition) is 9. The maximum atomic E-state index is 17.4. The zero-order valence-corrected chi connectivity index (χ0v) is 28.0. The highest BCUT2D eigenvalue weighted by atomic mass is 19.1. The smallest absolute Gasteiger partial charge is 0.319 e. The van der Waals surface area contributed by atoms with E-state index in [2.05, 4.69) is 21.0 Å². The molecule has 5 aliphatic heterocycles. The Morgan fingerprint density at radius 3 is 2.82 bits per heavy atom. The van der Waals surface area contributed by atoms with E-state index in [0.717, 1.165) is 51.6 Å². The Hall–Kier alpha value is -4.18. The van der Waals surface area contributed by atoms with E-state index in [1.807, 2.05) is 0 Å². The topological polar surface area (TPSA) is 84.9 Å². The van der Waals surface area contributed by atoms with Gasteiger partial charge in [-0.15, -0.1) is 6.42 Å². The number of alkyl halides is 1. The van der Waals surface area contributed by atoms with Crippen LogP contribution in [0.25, 0.3) is 32.9 Å². The van der Waals surface area contributed by atoms with Crippen LogP contribution in [0.15, 0.2) is 24.3 Å². The lowest BCUT2D eigenvalue weighted by Crippen LogP contribution is -2.58. The first-order chi connectivity index (χ1) is 24.4. The maximum Gasteiger partial charge on any atom is 0.319 e. The van der Waals surface area contributed by atoms with Crippen LogP contribution in [0.4, 0.5) is 19.0 Å². The van der Waals surface area contributed by atoms with Crippen LogP contribution in [-0.4, -0.2) is 89.8 Å². The first-order valence-electron chi connectivity index (χ1n) is 17.7. The van der Waals surface area contributed by atoms with Gasteiger partial charge in [-0.25, -0.2) is 18.2 Å². The molecule has 0 unspecified atom stereocenters. The number of anilines is 1. The van der Waals surface area contributed by atoms with Crippen molar-refractivity contribution in [2.45, 2.75) is 81.2 Å². The van der Waals surface area contributed by atoms with E-state index in [0.29, 0.717) is 70.5 Å². The third-order valence-electron chi connectivity index (χ3n) is 11.6. The Balaban J connectivity index is 1.25. The summed E-state index contributed by atoms with van der Waals surface area (Å²) in [7, 11) is 1.51. The number of aryl methyl sites for hydroxylation is 1. The number of hydrogen-bond donors (Lipinski definition) is 1. The van der Waals surface area contributed by atoms with Gasteiger partial charge in [0.05, 0.1) is 22.2 Å². The molecule has 0 radical (unpaired) electrons. The number of nitrogens with zero attached hydrogens (tertiary/aromatic N) is 5. The number of rotatable bonds is 7. The fraction of sp³-hybridized carbons (Fsp3) is 0.500. The summed E-state index contributed by atoms with van der Waals surface area (Å²) < 4.78 is 64.6. The van der Waals surface area contributed by atoms with Gasteiger partial charge in [-0.3, -0.25) is 4.90 Å². The van der Waals surface area contributed by atoms with E-state index in [1.54, 1.807) is 18.2 Å². The summed E-state index contributed by atoms with van der Waals surface area (Å²) >= 11 is 0. The summed E-state index contributed by atoms with van der Waals surface area (Å²) in [5.74, 6) is 2.21. The fourth-order valence-corrected chi connectivity index (χ4v) is 9.40. The molecular formula is C38H39F3N6O3. The second-order valence-corrected chi connectivity index (χ2v) is 14.5. The molecule has 4 aromatic rings. The van der Waals surface area contributed by atoms with Crippen molar-refractivity contribution in [2.75, 3.05) is 45.0 Å². The number of ether oxygens (including phenoxy) is 3. The molecule has 7 heterocycles. The highest BCUT2D eigenvalue weighted by Gasteiger charge is 2.49. The molecule has 4 fully saturated rings. The molecule has 1 N–H and O–H groups in total. The second kappa shape index (κ2) is 12.2. The van der Waals surface area contributed by atoms with Crippen molar-refractivity contribution in [3.8, 4) is 35.4 Å². The predicted molar refractivity (Wildman–Crippen MR) is 183 cm³/mol. The van der Waals surface area contributed by atoms with Gasteiger partial charge in [-0.05, 0) is 75.1 Å². The minimum atomic E-state index is -0.910. The maximum absolute atomic E-state index is 17.4. The van der Waals surface area contributed by atoms with E-state index in [-0.39, 0.29) is 42.2 Å². The molecule has 2 aromatic carbocycles. The third kappa shape index (κ3) is 5.08. The van der Waals surface area contributed by atoms with E-state index >= 15 is 8.78 Å². The predicted octanol–water partition coefficient (Wildman–Crippen LogP) is 5.69. The summed E-state index contributed by atoms with van der Waals surface area (Å²) in [4.78, 5) is 19.3. The summed E-state index contributed by atoms with van der Waals surface area (Å²) in [6, 6.07) is 7.08. The van der Waals surface area contributed by atoms with E-state index < -0.39 is 23.3 Å². The highest BCUT2D eigenvalue weighted by molar-refractivity contribution is 6.03. The molecular weight excluding hydrogens is 645 g/mol. The second-order valence-electron chi connectivity index (χ2n) is 14.5. The minimum Gasteiger partial charge on any atom is -0.468 e. The van der Waals surface area contributed by atoms with Crippen molar-refractivity contribution < 1.29 is 27.4 Å². The lowest BCUT2D eigenvalue weighted by atomic mass is 9.92. The number of aromatic nitrogens is 3. The van der Waals surface area contributed by atoms with Crippen LogP contribution in [0, 0.1) is 24.0 Å². The summed E-state index contributed by atoms with van der Waals surface area (Å²) in [5, 5.41) is 5.27. The number of fused-ring (bicyclic) bond motifs is 7. The molecule has 260 valence electrons. The van der Waals surface area contributed by atoms with Crippen molar-refractivity contribution >= 4 is 27.5 Å². The number of methoxy groups -OCH3 is 1. The van der Waals surface area contributed by atoms with Crippen LogP contribution in [0.5, 0.6) is 11.8 Å². The molecule has 0 saturated carbocycles. The molecule has 0 amide bonds. The third-order valence-corrected chi connectivity index (χ3v) is 11.6. The van der Waals surface area contributed by atoms with Gasteiger partial charge in [-0.2, -0.15) is 9.97 Å². The molecule has 2 aromatic heterocycles. The first-order valence-corrected chi connectivity index (χ1v) is 17.7. The van der Waals surface area contributed by atoms with Crippen LogP contribution in [0.3, 0.4) is 0 Å². The fourth-order valence-electron chi connectivity index (χ4n) is 9.40. The highest BCUT2D eigenvalue weighted by Crippen LogP contribution is 2.44. The van der Waals surface area contributed by atoms with Crippen molar-refractivity contribution in [3.63, 3.8) is 0 Å². The molecule has 5 aliphatic rings. The Morgan fingerprint density at radius 2 is 1.96 bits per heavy atom. The van der Waals surface area contributed by atoms with Crippen molar-refractivity contribution in [1.29, 1.82) is 0 Å². The number of terminal acetylenes is 1. The molecule has 4 saturated heterocycles. The normalized spacial score (nSPS) is 27.2. The van der Waals surface area contributed by atoms with Gasteiger partial charge in [0.2, 0.25) is 0 Å². The van der Waals surface area contributed by atoms with Gasteiger partial charge >= 0.3 is 6.01 Å². The minimum absolute atomic E-state index is 0.00723. The number of pyridine rings is 1. The van der Waals surface area contributed by atoms with Crippen LogP contribution >= 0.6 is 0 Å². The monoisotopic (exact) mass is 684 g/mol. The van der Waals surface area contributed by atoms with Gasteiger partial charge in [0.25, 0.3) is 0 Å². The van der Waals surface area contributed by atoms with Crippen LogP contribution in [-0.2, 0) is 11.2 Å². The number of nitrogens with one attached hydrogen (secondary N) is 1. The molecule has 5 atom stereocenters. The average molecular weight is 685 g/mol. The molecule has 2 bridgehead atoms. The number of benzene rings is 2. The van der Waals surface area contributed by atoms with Crippen LogP contribution in [0.2, 0.25) is 0 Å². The summed E-state index contributed by atoms with van der Waals surface area (Å²) in [6.45, 7) is 2.13. The van der Waals surface area contributed by atoms with Crippen molar-refractivity contribution in [3.05, 3.63) is 47.2 Å². The molecule has 9 nitrogen and oxygen atoms in total. The zero-order chi connectivity index (χ0) is 34.1. The SMILES string of the molecule is C#Cc1c(F)ccc2cc(OCOC)cc(-c3nc4c5c(nc(OC[C@@]67CCCN6C[C@H](F)C7)nc5c3F)N3C[C@H]5CC[C@H](N5)[C@H]3CCC4)c12. The average Bonchev–Trinajstić information content (AvgIpc) is 3.78. The largest absolute Gasteiger partial charge is 0.468 e. The van der Waals surface area contributed by atoms with Gasteiger partial charge < -0.3 is 24.4 Å². The van der Waals surface area contributed by atoms with Gasteiger partial charge in [0.15, 0.2) is 12.6 Å². The zero-order valence-electron chi connectivity index (χ0n) is 28.0. The lowest BCUT2D eigenvalue weighted by molar-refractivity contribution is 0.0512. The van der Waals surface area contributed by atoms with Gasteiger partial charge in [0.1, 0.15) is 41.4 Å². The Kier molecular flexibility index (Phi) is 7.79. The van der Waals surface area contributed by atoms with Gasteiger partial charge in [0, 0.05) is 55.7 Å². The number of piperazine rings is 1.